The molecule has 0 bridgehead atoms. The Kier molecular flexibility index (Phi) is 5.47. The number of nitrogens with one attached hydrogen (secondary N) is 2. The average molecular weight is 264 g/mol. The Hall–Kier alpha value is -0.750. The minimum atomic E-state index is -3.24. The summed E-state index contributed by atoms with van der Waals surface area (Å²) in [7, 11) is 0. The molecule has 0 aromatic carbocycles. The Morgan fingerprint density at radius 2 is 2.28 bits per heavy atom. The van der Waals surface area contributed by atoms with Gasteiger partial charge in [0.25, 0.3) is 5.92 Å². The lowest BCUT2D eigenvalue weighted by Crippen LogP contribution is -2.52. The van der Waals surface area contributed by atoms with E-state index in [0.717, 1.165) is 25.8 Å². The van der Waals surface area contributed by atoms with Gasteiger partial charge < -0.3 is 15.7 Å². The van der Waals surface area contributed by atoms with E-state index in [1.165, 1.54) is 0 Å². The van der Waals surface area contributed by atoms with E-state index in [1.807, 2.05) is 6.92 Å². The van der Waals surface area contributed by atoms with E-state index in [-0.39, 0.29) is 5.91 Å². The molecule has 0 radical (unpaired) electrons. The van der Waals surface area contributed by atoms with Gasteiger partial charge in [0.05, 0.1) is 12.0 Å². The number of piperidine rings is 1. The molecule has 3 N–H and O–H groups in total. The van der Waals surface area contributed by atoms with Crippen molar-refractivity contribution in [3.05, 3.63) is 0 Å². The molecule has 1 atom stereocenters. The van der Waals surface area contributed by atoms with Gasteiger partial charge >= 0.3 is 0 Å². The summed E-state index contributed by atoms with van der Waals surface area (Å²) in [6.45, 7) is 1.34. The van der Waals surface area contributed by atoms with Crippen LogP contribution in [0.1, 0.15) is 32.6 Å². The van der Waals surface area contributed by atoms with Gasteiger partial charge in [0.1, 0.15) is 6.61 Å². The highest BCUT2D eigenvalue weighted by Gasteiger charge is 2.40. The van der Waals surface area contributed by atoms with Crippen molar-refractivity contribution in [1.82, 2.24) is 10.6 Å². The van der Waals surface area contributed by atoms with Crippen molar-refractivity contribution in [2.75, 3.05) is 26.2 Å². The molecular formula is C12H22F2N2O2. The van der Waals surface area contributed by atoms with Crippen LogP contribution in [0.2, 0.25) is 0 Å². The first-order chi connectivity index (χ1) is 8.46. The van der Waals surface area contributed by atoms with Crippen LogP contribution >= 0.6 is 0 Å². The number of carbonyl (C=O) groups excluding carboxylic acids is 1. The van der Waals surface area contributed by atoms with Crippen LogP contribution in [0.4, 0.5) is 8.78 Å². The van der Waals surface area contributed by atoms with E-state index in [2.05, 4.69) is 10.6 Å². The molecular weight excluding hydrogens is 242 g/mol. The molecule has 0 aromatic rings. The molecule has 1 saturated heterocycles. The fraction of sp³-hybridized carbons (Fsp3) is 0.917. The zero-order valence-electron chi connectivity index (χ0n) is 10.8. The van der Waals surface area contributed by atoms with Crippen LogP contribution in [0.5, 0.6) is 0 Å². The Morgan fingerprint density at radius 1 is 1.56 bits per heavy atom. The van der Waals surface area contributed by atoms with E-state index in [1.54, 1.807) is 0 Å². The van der Waals surface area contributed by atoms with Crippen molar-refractivity contribution in [3.8, 4) is 0 Å². The first kappa shape index (κ1) is 15.3. The molecule has 1 fully saturated rings. The molecule has 0 aliphatic carbocycles. The predicted molar refractivity (Wildman–Crippen MR) is 64.5 cm³/mol. The van der Waals surface area contributed by atoms with Crippen molar-refractivity contribution in [1.29, 1.82) is 0 Å². The van der Waals surface area contributed by atoms with Gasteiger partial charge in [-0.25, -0.2) is 8.78 Å². The third kappa shape index (κ3) is 3.88. The fourth-order valence-corrected chi connectivity index (χ4v) is 2.42. The summed E-state index contributed by atoms with van der Waals surface area (Å²) in [6.07, 6.45) is 3.14. The molecule has 0 aromatic heterocycles. The molecule has 1 rings (SSSR count). The molecule has 0 saturated carbocycles. The van der Waals surface area contributed by atoms with Crippen LogP contribution in [0, 0.1) is 5.41 Å². The number of amides is 1. The Morgan fingerprint density at radius 3 is 2.78 bits per heavy atom. The van der Waals surface area contributed by atoms with E-state index in [4.69, 9.17) is 5.11 Å². The molecule has 0 spiro atoms. The summed E-state index contributed by atoms with van der Waals surface area (Å²) in [5.41, 5.74) is -0.571. The average Bonchev–Trinajstić information content (AvgIpc) is 2.37. The second kappa shape index (κ2) is 6.43. The summed E-state index contributed by atoms with van der Waals surface area (Å²) in [5, 5.41) is 13.9. The summed E-state index contributed by atoms with van der Waals surface area (Å²) >= 11 is 0. The first-order valence-corrected chi connectivity index (χ1v) is 6.43. The maximum absolute atomic E-state index is 12.9. The summed E-state index contributed by atoms with van der Waals surface area (Å²) in [5.74, 6) is -3.57. The molecule has 1 aliphatic heterocycles. The van der Waals surface area contributed by atoms with Gasteiger partial charge in [-0.05, 0) is 25.8 Å². The van der Waals surface area contributed by atoms with Crippen LogP contribution in [-0.4, -0.2) is 43.2 Å². The van der Waals surface area contributed by atoms with E-state index in [9.17, 15) is 13.6 Å². The topological polar surface area (TPSA) is 61.4 Å². The van der Waals surface area contributed by atoms with Gasteiger partial charge in [-0.2, -0.15) is 0 Å². The quantitative estimate of drug-likeness (QED) is 0.668. The number of hydrogen-bond donors (Lipinski definition) is 3. The molecule has 6 heteroatoms. The number of alkyl halides is 2. The van der Waals surface area contributed by atoms with E-state index >= 15 is 0 Å². The molecule has 18 heavy (non-hydrogen) atoms. The van der Waals surface area contributed by atoms with Crippen molar-refractivity contribution >= 4 is 5.91 Å². The Labute approximate surface area is 106 Å². The minimum absolute atomic E-state index is 0.329. The lowest BCUT2D eigenvalue weighted by Gasteiger charge is -2.36. The van der Waals surface area contributed by atoms with Crippen LogP contribution in [0.15, 0.2) is 0 Å². The van der Waals surface area contributed by atoms with Gasteiger partial charge in [0.15, 0.2) is 0 Å². The van der Waals surface area contributed by atoms with Gasteiger partial charge in [-0.3, -0.25) is 4.79 Å². The highest BCUT2D eigenvalue weighted by molar-refractivity contribution is 5.83. The predicted octanol–water partition coefficient (Wildman–Crippen LogP) is 0.900. The molecule has 4 nitrogen and oxygen atoms in total. The largest absolute Gasteiger partial charge is 0.390 e. The second-order valence-electron chi connectivity index (χ2n) is 5.01. The maximum Gasteiger partial charge on any atom is 0.287 e. The summed E-state index contributed by atoms with van der Waals surface area (Å²) < 4.78 is 25.8. The van der Waals surface area contributed by atoms with Gasteiger partial charge in [-0.15, -0.1) is 0 Å². The van der Waals surface area contributed by atoms with Crippen LogP contribution in [0.25, 0.3) is 0 Å². The second-order valence-corrected chi connectivity index (χ2v) is 5.01. The zero-order chi connectivity index (χ0) is 13.6. The van der Waals surface area contributed by atoms with Gasteiger partial charge in [0, 0.05) is 6.54 Å². The number of hydrogen-bond acceptors (Lipinski definition) is 3. The fourth-order valence-electron chi connectivity index (χ4n) is 2.42. The SMILES string of the molecule is CCCC1(C(=O)NCC(F)(F)CO)CCCNC1. The summed E-state index contributed by atoms with van der Waals surface area (Å²) in [4.78, 5) is 12.1. The monoisotopic (exact) mass is 264 g/mol. The minimum Gasteiger partial charge on any atom is -0.390 e. The maximum atomic E-state index is 12.9. The third-order valence-corrected chi connectivity index (χ3v) is 3.42. The molecule has 1 aliphatic rings. The van der Waals surface area contributed by atoms with Crippen molar-refractivity contribution in [2.24, 2.45) is 5.41 Å². The van der Waals surface area contributed by atoms with Crippen molar-refractivity contribution < 1.29 is 18.7 Å². The van der Waals surface area contributed by atoms with E-state index in [0.29, 0.717) is 13.0 Å². The Balaban J connectivity index is 2.60. The summed E-state index contributed by atoms with van der Waals surface area (Å²) in [6, 6.07) is 0. The normalized spacial score (nSPS) is 24.9. The third-order valence-electron chi connectivity index (χ3n) is 3.42. The smallest absolute Gasteiger partial charge is 0.287 e. The van der Waals surface area contributed by atoms with Gasteiger partial charge in [-0.1, -0.05) is 13.3 Å². The van der Waals surface area contributed by atoms with Gasteiger partial charge in [0.2, 0.25) is 5.91 Å². The standard InChI is InChI=1S/C12H22F2N2O2/c1-2-4-11(5-3-6-15-7-11)10(18)16-8-12(13,14)9-17/h15,17H,2-9H2,1H3,(H,16,18). The molecule has 1 unspecified atom stereocenters. The number of aliphatic hydroxyl groups excluding tert-OH is 1. The first-order valence-electron chi connectivity index (χ1n) is 6.43. The lowest BCUT2D eigenvalue weighted by molar-refractivity contribution is -0.135. The molecule has 1 amide bonds. The van der Waals surface area contributed by atoms with Crippen LogP contribution in [0.3, 0.4) is 0 Å². The number of aliphatic hydroxyl groups is 1. The number of halogens is 2. The van der Waals surface area contributed by atoms with Crippen molar-refractivity contribution in [3.63, 3.8) is 0 Å². The van der Waals surface area contributed by atoms with E-state index < -0.39 is 24.5 Å². The number of carbonyl (C=O) groups is 1. The zero-order valence-corrected chi connectivity index (χ0v) is 10.8. The molecule has 1 heterocycles. The van der Waals surface area contributed by atoms with Crippen LogP contribution in [-0.2, 0) is 4.79 Å². The molecule has 106 valence electrons. The number of rotatable bonds is 6. The Bertz CT molecular complexity index is 274. The highest BCUT2D eigenvalue weighted by atomic mass is 19.3. The van der Waals surface area contributed by atoms with Crippen LogP contribution < -0.4 is 10.6 Å². The highest BCUT2D eigenvalue weighted by Crippen LogP contribution is 2.32. The van der Waals surface area contributed by atoms with Crippen molar-refractivity contribution in [2.45, 2.75) is 38.5 Å². The lowest BCUT2D eigenvalue weighted by atomic mass is 9.76.